The Morgan fingerprint density at radius 2 is 1.67 bits per heavy atom. The lowest BCUT2D eigenvalue weighted by Crippen LogP contribution is -2.48. The molecule has 1 heterocycles. The molecule has 0 radical (unpaired) electrons. The lowest BCUT2D eigenvalue weighted by Gasteiger charge is -2.37. The lowest BCUT2D eigenvalue weighted by molar-refractivity contribution is -0.118. The minimum atomic E-state index is -0.914. The molecular weight excluding hydrogens is 454 g/mol. The first kappa shape index (κ1) is 25.4. The van der Waals surface area contributed by atoms with Gasteiger partial charge in [0.15, 0.2) is 0 Å². The number of carboxylic acids is 1. The largest absolute Gasteiger partial charge is 0.478 e. The molecule has 4 rings (SSSR count). The molecule has 0 aromatic heterocycles. The molecule has 0 unspecified atom stereocenters. The monoisotopic (exact) mass is 487 g/mol. The van der Waals surface area contributed by atoms with Crippen LogP contribution in [0, 0.1) is 0 Å². The molecule has 1 aliphatic rings. The first-order valence-corrected chi connectivity index (χ1v) is 12.3. The predicted molar refractivity (Wildman–Crippen MR) is 141 cm³/mol. The second-order valence-electron chi connectivity index (χ2n) is 9.31. The Balaban J connectivity index is 1.27. The van der Waals surface area contributed by atoms with Crippen molar-refractivity contribution in [3.63, 3.8) is 0 Å². The number of amides is 1. The summed E-state index contributed by atoms with van der Waals surface area (Å²) in [7, 11) is 2.07. The van der Waals surface area contributed by atoms with Crippen LogP contribution in [0.4, 0.5) is 5.69 Å². The Bertz CT molecular complexity index is 1130. The Morgan fingerprint density at radius 1 is 0.972 bits per heavy atom. The summed E-state index contributed by atoms with van der Waals surface area (Å²) < 4.78 is 5.82. The summed E-state index contributed by atoms with van der Waals surface area (Å²) in [6.45, 7) is 2.84. The maximum absolute atomic E-state index is 12.8. The van der Waals surface area contributed by atoms with Gasteiger partial charge in [-0.25, -0.2) is 4.79 Å². The third-order valence-electron chi connectivity index (χ3n) is 6.39. The number of para-hydroxylation sites is 1. The van der Waals surface area contributed by atoms with E-state index in [2.05, 4.69) is 22.2 Å². The normalized spacial score (nSPS) is 16.0. The molecule has 3 aromatic carbocycles. The number of piperidine rings is 1. The van der Waals surface area contributed by atoms with Crippen LogP contribution in [-0.2, 0) is 11.3 Å². The van der Waals surface area contributed by atoms with Gasteiger partial charge in [0.2, 0.25) is 5.91 Å². The van der Waals surface area contributed by atoms with Gasteiger partial charge in [0.1, 0.15) is 11.5 Å². The van der Waals surface area contributed by atoms with Gasteiger partial charge in [-0.1, -0.05) is 36.8 Å². The summed E-state index contributed by atoms with van der Waals surface area (Å²) in [6.07, 6.45) is 3.31. The van der Waals surface area contributed by atoms with Gasteiger partial charge in [-0.2, -0.15) is 0 Å². The van der Waals surface area contributed by atoms with Crippen LogP contribution in [0.15, 0.2) is 78.9 Å². The van der Waals surface area contributed by atoms with Crippen LogP contribution in [0.3, 0.4) is 0 Å². The Labute approximate surface area is 212 Å². The molecular formula is C29H33N3O4. The van der Waals surface area contributed by atoms with Gasteiger partial charge in [0.05, 0.1) is 12.1 Å². The number of nitrogens with zero attached hydrogens (tertiary/aromatic N) is 2. The van der Waals surface area contributed by atoms with E-state index in [4.69, 9.17) is 9.84 Å². The van der Waals surface area contributed by atoms with E-state index in [-0.39, 0.29) is 5.91 Å². The lowest BCUT2D eigenvalue weighted by atomic mass is 10.0. The number of benzene rings is 3. The van der Waals surface area contributed by atoms with Crippen LogP contribution in [-0.4, -0.2) is 59.5 Å². The second-order valence-corrected chi connectivity index (χ2v) is 9.31. The van der Waals surface area contributed by atoms with Gasteiger partial charge in [-0.15, -0.1) is 0 Å². The molecule has 7 heteroatoms. The predicted octanol–water partition coefficient (Wildman–Crippen LogP) is 5.10. The fourth-order valence-electron chi connectivity index (χ4n) is 4.58. The summed E-state index contributed by atoms with van der Waals surface area (Å²) in [5, 5.41) is 12.1. The van der Waals surface area contributed by atoms with Crippen LogP contribution in [0.25, 0.3) is 0 Å². The number of carbonyl (C=O) groups is 2. The summed E-state index contributed by atoms with van der Waals surface area (Å²) >= 11 is 0. The van der Waals surface area contributed by atoms with Gasteiger partial charge in [0, 0.05) is 24.8 Å². The number of likely N-dealkylation sites (N-methyl/N-ethyl adjacent to an activating group) is 1. The maximum atomic E-state index is 12.8. The van der Waals surface area contributed by atoms with E-state index in [1.807, 2.05) is 66.7 Å². The Hall–Kier alpha value is -3.68. The van der Waals surface area contributed by atoms with Crippen LogP contribution in [0.5, 0.6) is 11.5 Å². The number of carboxylic acid groups (broad SMARTS) is 1. The first-order chi connectivity index (χ1) is 17.5. The first-order valence-electron chi connectivity index (χ1n) is 12.3. The number of ether oxygens (including phenoxy) is 1. The van der Waals surface area contributed by atoms with Gasteiger partial charge in [0.25, 0.3) is 0 Å². The molecule has 1 atom stereocenters. The molecule has 0 aliphatic carbocycles. The van der Waals surface area contributed by atoms with Crippen molar-refractivity contribution in [1.82, 2.24) is 9.80 Å². The Kier molecular flexibility index (Phi) is 8.71. The van der Waals surface area contributed by atoms with Gasteiger partial charge in [-0.05, 0) is 80.5 Å². The van der Waals surface area contributed by atoms with Crippen LogP contribution in [0.2, 0.25) is 0 Å². The minimum Gasteiger partial charge on any atom is -0.478 e. The van der Waals surface area contributed by atoms with Crippen molar-refractivity contribution in [2.45, 2.75) is 31.8 Å². The van der Waals surface area contributed by atoms with Crippen molar-refractivity contribution < 1.29 is 19.4 Å². The summed E-state index contributed by atoms with van der Waals surface area (Å²) in [5.41, 5.74) is 2.11. The molecule has 7 nitrogen and oxygen atoms in total. The molecule has 3 aromatic rings. The molecule has 1 aliphatic heterocycles. The van der Waals surface area contributed by atoms with Crippen molar-refractivity contribution >= 4 is 17.6 Å². The fourth-order valence-corrected chi connectivity index (χ4v) is 4.58. The molecule has 1 saturated heterocycles. The topological polar surface area (TPSA) is 82.1 Å². The van der Waals surface area contributed by atoms with E-state index in [1.54, 1.807) is 12.1 Å². The van der Waals surface area contributed by atoms with Crippen LogP contribution in [0.1, 0.15) is 35.2 Å². The molecule has 0 saturated carbocycles. The number of nitrogens with one attached hydrogen (secondary N) is 1. The molecule has 1 amide bonds. The quantitative estimate of drug-likeness (QED) is 0.414. The van der Waals surface area contributed by atoms with E-state index in [1.165, 1.54) is 0 Å². The zero-order valence-corrected chi connectivity index (χ0v) is 20.6. The van der Waals surface area contributed by atoms with Crippen molar-refractivity contribution in [1.29, 1.82) is 0 Å². The van der Waals surface area contributed by atoms with Gasteiger partial charge >= 0.3 is 5.97 Å². The number of aromatic carboxylic acids is 1. The molecule has 1 fully saturated rings. The summed E-state index contributed by atoms with van der Waals surface area (Å²) in [5.74, 6) is 0.552. The number of hydrogen-bond acceptors (Lipinski definition) is 5. The van der Waals surface area contributed by atoms with E-state index >= 15 is 0 Å². The third kappa shape index (κ3) is 7.41. The zero-order valence-electron chi connectivity index (χ0n) is 20.6. The Morgan fingerprint density at radius 3 is 2.36 bits per heavy atom. The molecule has 36 heavy (non-hydrogen) atoms. The highest BCUT2D eigenvalue weighted by Gasteiger charge is 2.25. The zero-order chi connectivity index (χ0) is 25.3. The number of anilines is 1. The van der Waals surface area contributed by atoms with Crippen molar-refractivity contribution in [3.05, 3.63) is 90.0 Å². The summed E-state index contributed by atoms with van der Waals surface area (Å²) in [6, 6.07) is 24.3. The number of carbonyl (C=O) groups excluding carboxylic acids is 1. The number of rotatable bonds is 10. The van der Waals surface area contributed by atoms with Crippen molar-refractivity contribution in [2.75, 3.05) is 32.0 Å². The van der Waals surface area contributed by atoms with E-state index in [0.29, 0.717) is 18.2 Å². The highest BCUT2D eigenvalue weighted by Crippen LogP contribution is 2.23. The highest BCUT2D eigenvalue weighted by molar-refractivity contribution is 5.92. The SMILES string of the molecule is CN(Cc1ccc(C(=O)O)cc1)C[C@@H]1CCCCN1CC(=O)Nc1ccc(Oc2ccccc2)cc1. The molecule has 0 spiro atoms. The fraction of sp³-hybridized carbons (Fsp3) is 0.310. The second kappa shape index (κ2) is 12.3. The van der Waals surface area contributed by atoms with Crippen molar-refractivity contribution in [3.8, 4) is 11.5 Å². The van der Waals surface area contributed by atoms with E-state index in [9.17, 15) is 9.59 Å². The van der Waals surface area contributed by atoms with Gasteiger partial charge in [-0.3, -0.25) is 9.69 Å². The summed E-state index contributed by atoms with van der Waals surface area (Å²) in [4.78, 5) is 28.4. The molecule has 188 valence electrons. The third-order valence-corrected chi connectivity index (χ3v) is 6.39. The molecule has 2 N–H and O–H groups in total. The van der Waals surface area contributed by atoms with Crippen LogP contribution >= 0.6 is 0 Å². The van der Waals surface area contributed by atoms with E-state index < -0.39 is 5.97 Å². The minimum absolute atomic E-state index is 0.0226. The average Bonchev–Trinajstić information content (AvgIpc) is 2.87. The molecule has 0 bridgehead atoms. The smallest absolute Gasteiger partial charge is 0.335 e. The van der Waals surface area contributed by atoms with Gasteiger partial charge < -0.3 is 20.1 Å². The van der Waals surface area contributed by atoms with Crippen molar-refractivity contribution in [2.24, 2.45) is 0 Å². The maximum Gasteiger partial charge on any atom is 0.335 e. The van der Waals surface area contributed by atoms with Crippen LogP contribution < -0.4 is 10.1 Å². The highest BCUT2D eigenvalue weighted by atomic mass is 16.5. The average molecular weight is 488 g/mol. The number of hydrogen-bond donors (Lipinski definition) is 2. The van der Waals surface area contributed by atoms with E-state index in [0.717, 1.165) is 61.6 Å². The number of likely N-dealkylation sites (tertiary alicyclic amines) is 1. The standard InChI is InChI=1S/C29H33N3O4/c1-31(19-22-10-12-23(13-11-22)29(34)35)20-25-7-5-6-18-32(25)21-28(33)30-24-14-16-27(17-15-24)36-26-8-3-2-4-9-26/h2-4,8-17,25H,5-7,18-21H2,1H3,(H,30,33)(H,34,35)/t25-/m0/s1.